The van der Waals surface area contributed by atoms with Gasteiger partial charge < -0.3 is 14.6 Å². The van der Waals surface area contributed by atoms with Gasteiger partial charge in [-0.05, 0) is 55.0 Å². The van der Waals surface area contributed by atoms with E-state index in [4.69, 9.17) is 26.2 Å². The molecule has 6 nitrogen and oxygen atoms in total. The molecule has 2 aromatic carbocycles. The smallest absolute Gasteiger partial charge is 0.335 e. The molecule has 0 aromatic heterocycles. The third kappa shape index (κ3) is 5.48. The number of benzene rings is 2. The number of hydrogen-bond donors (Lipinski definition) is 2. The summed E-state index contributed by atoms with van der Waals surface area (Å²) in [5, 5.41) is 13.7. The summed E-state index contributed by atoms with van der Waals surface area (Å²) in [5.74, 6) is -0.275. The molecule has 0 bridgehead atoms. The van der Waals surface area contributed by atoms with Crippen LogP contribution in [0.5, 0.6) is 5.75 Å². The quantitative estimate of drug-likeness (QED) is 0.423. The van der Waals surface area contributed by atoms with Gasteiger partial charge in [0.15, 0.2) is 0 Å². The zero-order valence-electron chi connectivity index (χ0n) is 14.0. The number of methoxy groups -OCH3 is 1. The summed E-state index contributed by atoms with van der Waals surface area (Å²) in [5.41, 5.74) is 5.00. The van der Waals surface area contributed by atoms with Crippen LogP contribution in [0.25, 0.3) is 0 Å². The third-order valence-corrected chi connectivity index (χ3v) is 3.72. The summed E-state index contributed by atoms with van der Waals surface area (Å²) < 4.78 is 10.4. The fraction of sp³-hybridized carbons (Fsp3) is 0.222. The van der Waals surface area contributed by atoms with Gasteiger partial charge in [-0.25, -0.2) is 4.79 Å². The molecule has 0 fully saturated rings. The standard InChI is InChI=1S/C18H19ClN2O4/c1-12(13-3-6-15(7-4-13)25-10-9-24-2)20-21-17-11-14(18(22)23)5-8-16(17)19/h3-8,11,21H,9-10H2,1-2H3,(H,22,23). The predicted octanol–water partition coefficient (Wildman–Crippen LogP) is 3.90. The van der Waals surface area contributed by atoms with E-state index in [1.165, 1.54) is 18.2 Å². The Morgan fingerprint density at radius 2 is 1.84 bits per heavy atom. The van der Waals surface area contributed by atoms with Crippen molar-refractivity contribution >= 4 is 29.0 Å². The molecule has 7 heteroatoms. The number of nitrogens with zero attached hydrogens (tertiary/aromatic N) is 1. The maximum absolute atomic E-state index is 11.0. The van der Waals surface area contributed by atoms with E-state index < -0.39 is 5.97 Å². The van der Waals surface area contributed by atoms with Crippen molar-refractivity contribution in [3.05, 3.63) is 58.6 Å². The largest absolute Gasteiger partial charge is 0.491 e. The van der Waals surface area contributed by atoms with Crippen LogP contribution in [0, 0.1) is 0 Å². The summed E-state index contributed by atoms with van der Waals surface area (Å²) in [4.78, 5) is 11.0. The summed E-state index contributed by atoms with van der Waals surface area (Å²) >= 11 is 6.06. The normalized spacial score (nSPS) is 11.2. The number of carbonyl (C=O) groups is 1. The molecule has 0 unspecified atom stereocenters. The molecule has 0 radical (unpaired) electrons. The van der Waals surface area contributed by atoms with E-state index in [9.17, 15) is 4.79 Å². The molecule has 132 valence electrons. The topological polar surface area (TPSA) is 80.2 Å². The van der Waals surface area contributed by atoms with Gasteiger partial charge in [0.05, 0.1) is 28.6 Å². The van der Waals surface area contributed by atoms with Crippen LogP contribution in [0.2, 0.25) is 5.02 Å². The second-order valence-corrected chi connectivity index (χ2v) is 5.58. The molecule has 0 atom stereocenters. The first-order valence-electron chi connectivity index (χ1n) is 7.56. The van der Waals surface area contributed by atoms with E-state index in [-0.39, 0.29) is 5.56 Å². The average Bonchev–Trinajstić information content (AvgIpc) is 2.61. The zero-order valence-corrected chi connectivity index (χ0v) is 14.7. The molecule has 2 aromatic rings. The molecule has 0 amide bonds. The van der Waals surface area contributed by atoms with Crippen molar-refractivity contribution in [3.63, 3.8) is 0 Å². The summed E-state index contributed by atoms with van der Waals surface area (Å²) in [6.45, 7) is 2.86. The molecule has 25 heavy (non-hydrogen) atoms. The molecule has 2 rings (SSSR count). The number of ether oxygens (including phenoxy) is 2. The molecule has 0 spiro atoms. The summed E-state index contributed by atoms with van der Waals surface area (Å²) in [6, 6.07) is 11.9. The third-order valence-electron chi connectivity index (χ3n) is 3.39. The van der Waals surface area contributed by atoms with E-state index >= 15 is 0 Å². The molecule has 0 saturated carbocycles. The van der Waals surface area contributed by atoms with Crippen LogP contribution in [-0.2, 0) is 4.74 Å². The van der Waals surface area contributed by atoms with E-state index in [1.807, 2.05) is 31.2 Å². The Kier molecular flexibility index (Phi) is 6.80. The lowest BCUT2D eigenvalue weighted by atomic mass is 10.1. The van der Waals surface area contributed by atoms with Crippen LogP contribution in [0.3, 0.4) is 0 Å². The van der Waals surface area contributed by atoms with E-state index in [0.29, 0.717) is 23.9 Å². The molecule has 0 heterocycles. The van der Waals surface area contributed by atoms with Crippen molar-refractivity contribution in [2.45, 2.75) is 6.92 Å². The molecule has 0 aliphatic carbocycles. The number of carboxylic acid groups (broad SMARTS) is 1. The second-order valence-electron chi connectivity index (χ2n) is 5.17. The lowest BCUT2D eigenvalue weighted by Crippen LogP contribution is -2.05. The minimum Gasteiger partial charge on any atom is -0.491 e. The van der Waals surface area contributed by atoms with Crippen molar-refractivity contribution in [1.82, 2.24) is 0 Å². The summed E-state index contributed by atoms with van der Waals surface area (Å²) in [6.07, 6.45) is 0. The number of halogens is 1. The zero-order chi connectivity index (χ0) is 18.2. The number of hydrazone groups is 1. The van der Waals surface area contributed by atoms with Crippen molar-refractivity contribution < 1.29 is 19.4 Å². The predicted molar refractivity (Wildman–Crippen MR) is 98.1 cm³/mol. The molecular weight excluding hydrogens is 344 g/mol. The van der Waals surface area contributed by atoms with Crippen molar-refractivity contribution in [2.24, 2.45) is 5.10 Å². The van der Waals surface area contributed by atoms with Gasteiger partial charge in [-0.1, -0.05) is 11.6 Å². The van der Waals surface area contributed by atoms with Crippen LogP contribution >= 0.6 is 11.6 Å². The van der Waals surface area contributed by atoms with Crippen LogP contribution in [-0.4, -0.2) is 37.1 Å². The van der Waals surface area contributed by atoms with Gasteiger partial charge in [-0.3, -0.25) is 5.43 Å². The highest BCUT2D eigenvalue weighted by Gasteiger charge is 2.07. The molecule has 0 aliphatic rings. The number of anilines is 1. The first kappa shape index (κ1) is 18.8. The van der Waals surface area contributed by atoms with Crippen LogP contribution < -0.4 is 10.2 Å². The number of aromatic carboxylic acids is 1. The minimum absolute atomic E-state index is 0.136. The first-order valence-corrected chi connectivity index (χ1v) is 7.94. The molecule has 0 aliphatic heterocycles. The SMILES string of the molecule is COCCOc1ccc(C(C)=NNc2cc(C(=O)O)ccc2Cl)cc1. The number of hydrogen-bond acceptors (Lipinski definition) is 5. The molecule has 2 N–H and O–H groups in total. The Bertz CT molecular complexity index is 760. The lowest BCUT2D eigenvalue weighted by Gasteiger charge is -2.08. The van der Waals surface area contributed by atoms with Gasteiger partial charge in [0, 0.05) is 7.11 Å². The Morgan fingerprint density at radius 1 is 1.16 bits per heavy atom. The fourth-order valence-corrected chi connectivity index (χ4v) is 2.15. The van der Waals surface area contributed by atoms with Crippen LogP contribution in [0.1, 0.15) is 22.8 Å². The highest BCUT2D eigenvalue weighted by molar-refractivity contribution is 6.33. The lowest BCUT2D eigenvalue weighted by molar-refractivity contribution is 0.0697. The van der Waals surface area contributed by atoms with Crippen molar-refractivity contribution in [1.29, 1.82) is 0 Å². The summed E-state index contributed by atoms with van der Waals surface area (Å²) in [7, 11) is 1.62. The van der Waals surface area contributed by atoms with Gasteiger partial charge in [-0.15, -0.1) is 0 Å². The van der Waals surface area contributed by atoms with E-state index in [0.717, 1.165) is 17.0 Å². The van der Waals surface area contributed by atoms with Crippen molar-refractivity contribution in [3.8, 4) is 5.75 Å². The maximum Gasteiger partial charge on any atom is 0.335 e. The highest BCUT2D eigenvalue weighted by Crippen LogP contribution is 2.23. The highest BCUT2D eigenvalue weighted by atomic mass is 35.5. The van der Waals surface area contributed by atoms with Gasteiger partial charge in [-0.2, -0.15) is 5.10 Å². The van der Waals surface area contributed by atoms with E-state index in [1.54, 1.807) is 7.11 Å². The van der Waals surface area contributed by atoms with Gasteiger partial charge in [0.2, 0.25) is 0 Å². The van der Waals surface area contributed by atoms with Gasteiger partial charge in [0.25, 0.3) is 0 Å². The number of rotatable bonds is 8. The Balaban J connectivity index is 2.06. The Hall–Kier alpha value is -2.57. The molecule has 0 saturated heterocycles. The molecular formula is C18H19ClN2O4. The minimum atomic E-state index is -1.02. The van der Waals surface area contributed by atoms with Crippen molar-refractivity contribution in [2.75, 3.05) is 25.7 Å². The van der Waals surface area contributed by atoms with Gasteiger partial charge >= 0.3 is 5.97 Å². The van der Waals surface area contributed by atoms with Crippen LogP contribution in [0.15, 0.2) is 47.6 Å². The Morgan fingerprint density at radius 3 is 2.48 bits per heavy atom. The Labute approximate surface area is 151 Å². The first-order chi connectivity index (χ1) is 12.0. The second kappa shape index (κ2) is 9.05. The number of nitrogens with one attached hydrogen (secondary N) is 1. The monoisotopic (exact) mass is 362 g/mol. The maximum atomic E-state index is 11.0. The van der Waals surface area contributed by atoms with E-state index in [2.05, 4.69) is 10.5 Å². The average molecular weight is 363 g/mol. The number of carboxylic acids is 1. The fourth-order valence-electron chi connectivity index (χ4n) is 1.99. The van der Waals surface area contributed by atoms with Gasteiger partial charge in [0.1, 0.15) is 12.4 Å². The van der Waals surface area contributed by atoms with Crippen LogP contribution in [0.4, 0.5) is 5.69 Å².